The van der Waals surface area contributed by atoms with Gasteiger partial charge in [-0.2, -0.15) is 4.68 Å². The van der Waals surface area contributed by atoms with Crippen LogP contribution in [0.1, 0.15) is 15.9 Å². The van der Waals surface area contributed by atoms with Gasteiger partial charge in [-0.05, 0) is 47.2 Å². The largest absolute Gasteiger partial charge is 0.449 e. The molecule has 0 aliphatic carbocycles. The third-order valence-corrected chi connectivity index (χ3v) is 4.56. The Morgan fingerprint density at radius 2 is 2.07 bits per heavy atom. The molecule has 0 amide bonds. The van der Waals surface area contributed by atoms with Crippen LogP contribution in [0.5, 0.6) is 0 Å². The molecule has 8 heteroatoms. The highest BCUT2D eigenvalue weighted by Gasteiger charge is 2.10. The molecule has 0 N–H and O–H groups in total. The number of nitrogens with zero attached hydrogens (tertiary/aromatic N) is 4. The van der Waals surface area contributed by atoms with Gasteiger partial charge in [-0.1, -0.05) is 59.5 Å². The molecule has 136 valence electrons. The van der Waals surface area contributed by atoms with Crippen molar-refractivity contribution < 1.29 is 9.53 Å². The maximum atomic E-state index is 11.9. The van der Waals surface area contributed by atoms with Crippen LogP contribution in [0.3, 0.4) is 0 Å². The first-order valence-corrected chi connectivity index (χ1v) is 9.37. The Hall–Kier alpha value is -2.82. The molecule has 3 rings (SSSR count). The van der Waals surface area contributed by atoms with Gasteiger partial charge in [0.15, 0.2) is 6.61 Å². The normalized spacial score (nSPS) is 10.1. The summed E-state index contributed by atoms with van der Waals surface area (Å²) in [6, 6.07) is 14.4. The molecule has 2 aromatic carbocycles. The highest BCUT2D eigenvalue weighted by Crippen LogP contribution is 2.19. The van der Waals surface area contributed by atoms with E-state index in [0.29, 0.717) is 21.5 Å². The van der Waals surface area contributed by atoms with Crippen molar-refractivity contribution in [3.63, 3.8) is 0 Å². The summed E-state index contributed by atoms with van der Waals surface area (Å²) in [4.78, 5) is 11.9. The summed E-state index contributed by atoms with van der Waals surface area (Å²) >= 11 is 7.26. The Balaban J connectivity index is 1.51. The number of thioether (sulfide) groups is 1. The fourth-order valence-corrected chi connectivity index (χ4v) is 3.07. The minimum atomic E-state index is -0.456. The fourth-order valence-electron chi connectivity index (χ4n) is 2.22. The second kappa shape index (κ2) is 9.21. The number of carbonyl (C=O) groups excluding carboxylic acids is 1. The SMILES string of the molecule is Cc1ccccc1-n1nnnc1SCC#CCOC(=O)c1cccc(Cl)c1. The molecule has 0 saturated carbocycles. The lowest BCUT2D eigenvalue weighted by Crippen LogP contribution is -2.05. The van der Waals surface area contributed by atoms with Gasteiger partial charge in [0.1, 0.15) is 0 Å². The van der Waals surface area contributed by atoms with Crippen LogP contribution in [0.4, 0.5) is 0 Å². The zero-order chi connectivity index (χ0) is 19.1. The molecule has 0 fully saturated rings. The maximum Gasteiger partial charge on any atom is 0.339 e. The monoisotopic (exact) mass is 398 g/mol. The first kappa shape index (κ1) is 19.0. The molecular formula is C19H15ClN4O2S. The molecule has 0 radical (unpaired) electrons. The van der Waals surface area contributed by atoms with Crippen LogP contribution in [0.25, 0.3) is 5.69 Å². The van der Waals surface area contributed by atoms with Gasteiger partial charge in [-0.3, -0.25) is 0 Å². The summed E-state index contributed by atoms with van der Waals surface area (Å²) in [7, 11) is 0. The van der Waals surface area contributed by atoms with Gasteiger partial charge in [-0.15, -0.1) is 5.10 Å². The zero-order valence-electron chi connectivity index (χ0n) is 14.4. The van der Waals surface area contributed by atoms with Crippen molar-refractivity contribution in [2.24, 2.45) is 0 Å². The van der Waals surface area contributed by atoms with Crippen molar-refractivity contribution in [3.05, 3.63) is 64.7 Å². The van der Waals surface area contributed by atoms with Crippen LogP contribution in [0.2, 0.25) is 5.02 Å². The van der Waals surface area contributed by atoms with Gasteiger partial charge < -0.3 is 4.74 Å². The Labute approximate surface area is 165 Å². The van der Waals surface area contributed by atoms with E-state index in [1.165, 1.54) is 11.8 Å². The van der Waals surface area contributed by atoms with E-state index < -0.39 is 5.97 Å². The average molecular weight is 399 g/mol. The molecule has 0 aliphatic heterocycles. The van der Waals surface area contributed by atoms with E-state index in [0.717, 1.165) is 11.3 Å². The average Bonchev–Trinajstić information content (AvgIpc) is 3.13. The number of hydrogen-bond donors (Lipinski definition) is 0. The van der Waals surface area contributed by atoms with Crippen molar-refractivity contribution in [3.8, 4) is 17.5 Å². The molecule has 0 unspecified atom stereocenters. The number of rotatable bonds is 5. The molecule has 0 spiro atoms. The summed E-state index contributed by atoms with van der Waals surface area (Å²) in [6.07, 6.45) is 0. The van der Waals surface area contributed by atoms with Gasteiger partial charge in [0.05, 0.1) is 17.0 Å². The van der Waals surface area contributed by atoms with Gasteiger partial charge in [-0.25, -0.2) is 4.79 Å². The van der Waals surface area contributed by atoms with Crippen LogP contribution >= 0.6 is 23.4 Å². The molecule has 0 atom stereocenters. The molecule has 27 heavy (non-hydrogen) atoms. The standard InChI is InChI=1S/C19H15ClN4O2S/c1-14-7-2-3-10-17(14)24-19(21-22-23-24)27-12-5-4-11-26-18(25)15-8-6-9-16(20)13-15/h2-3,6-10,13H,11-12H2,1H3. The predicted octanol–water partition coefficient (Wildman–Crippen LogP) is 3.58. The molecule has 3 aromatic rings. The first-order chi connectivity index (χ1) is 13.1. The van der Waals surface area contributed by atoms with Crippen molar-refractivity contribution in [2.45, 2.75) is 12.1 Å². The third-order valence-electron chi connectivity index (χ3n) is 3.52. The second-order valence-electron chi connectivity index (χ2n) is 5.39. The Bertz CT molecular complexity index is 1010. The number of carbonyl (C=O) groups is 1. The highest BCUT2D eigenvalue weighted by atomic mass is 35.5. The molecule has 0 saturated heterocycles. The number of esters is 1. The van der Waals surface area contributed by atoms with E-state index >= 15 is 0 Å². The number of ether oxygens (including phenoxy) is 1. The number of aryl methyl sites for hydroxylation is 1. The summed E-state index contributed by atoms with van der Waals surface area (Å²) in [5, 5.41) is 12.9. The number of benzene rings is 2. The van der Waals surface area contributed by atoms with Crippen LogP contribution in [0.15, 0.2) is 53.7 Å². The van der Waals surface area contributed by atoms with Crippen molar-refractivity contribution in [2.75, 3.05) is 12.4 Å². The van der Waals surface area contributed by atoms with Gasteiger partial charge in [0.25, 0.3) is 0 Å². The first-order valence-electron chi connectivity index (χ1n) is 8.01. The lowest BCUT2D eigenvalue weighted by Gasteiger charge is -2.05. The molecule has 0 aliphatic rings. The van der Waals surface area contributed by atoms with Crippen LogP contribution in [-0.4, -0.2) is 38.5 Å². The minimum Gasteiger partial charge on any atom is -0.449 e. The van der Waals surface area contributed by atoms with Gasteiger partial charge >= 0.3 is 5.97 Å². The van der Waals surface area contributed by atoms with Crippen molar-refractivity contribution in [1.82, 2.24) is 20.2 Å². The van der Waals surface area contributed by atoms with E-state index in [9.17, 15) is 4.79 Å². The highest BCUT2D eigenvalue weighted by molar-refractivity contribution is 7.99. The molecule has 6 nitrogen and oxygen atoms in total. The van der Waals surface area contributed by atoms with E-state index in [1.807, 2.05) is 31.2 Å². The number of tetrazole rings is 1. The topological polar surface area (TPSA) is 69.9 Å². The summed E-state index contributed by atoms with van der Waals surface area (Å²) in [5.74, 6) is 5.76. The number of aromatic nitrogens is 4. The quantitative estimate of drug-likeness (QED) is 0.371. The summed E-state index contributed by atoms with van der Waals surface area (Å²) in [5.41, 5.74) is 2.40. The molecule has 1 heterocycles. The Kier molecular flexibility index (Phi) is 6.47. The minimum absolute atomic E-state index is 0.00857. The predicted molar refractivity (Wildman–Crippen MR) is 104 cm³/mol. The van der Waals surface area contributed by atoms with E-state index in [1.54, 1.807) is 28.9 Å². The van der Waals surface area contributed by atoms with Gasteiger partial charge in [0.2, 0.25) is 5.16 Å². The third kappa shape index (κ3) is 5.09. The van der Waals surface area contributed by atoms with Crippen molar-refractivity contribution >= 4 is 29.3 Å². The van der Waals surface area contributed by atoms with Crippen LogP contribution < -0.4 is 0 Å². The summed E-state index contributed by atoms with van der Waals surface area (Å²) < 4.78 is 6.78. The Morgan fingerprint density at radius 3 is 2.89 bits per heavy atom. The van der Waals surface area contributed by atoms with Crippen molar-refractivity contribution in [1.29, 1.82) is 0 Å². The lowest BCUT2D eigenvalue weighted by atomic mass is 10.2. The Morgan fingerprint density at radius 1 is 1.22 bits per heavy atom. The number of para-hydroxylation sites is 1. The second-order valence-corrected chi connectivity index (χ2v) is 6.77. The van der Waals surface area contributed by atoms with E-state index in [4.69, 9.17) is 16.3 Å². The summed E-state index contributed by atoms with van der Waals surface area (Å²) in [6.45, 7) is 2.01. The fraction of sp³-hybridized carbons (Fsp3) is 0.158. The molecule has 0 bridgehead atoms. The number of halogens is 1. The lowest BCUT2D eigenvalue weighted by molar-refractivity contribution is 0.0556. The van der Waals surface area contributed by atoms with Gasteiger partial charge in [0, 0.05) is 5.02 Å². The zero-order valence-corrected chi connectivity index (χ0v) is 16.0. The van der Waals surface area contributed by atoms with E-state index in [-0.39, 0.29) is 6.61 Å². The van der Waals surface area contributed by atoms with E-state index in [2.05, 4.69) is 27.4 Å². The van der Waals surface area contributed by atoms with Crippen LogP contribution in [0, 0.1) is 18.8 Å². The van der Waals surface area contributed by atoms with Crippen LogP contribution in [-0.2, 0) is 4.74 Å². The number of hydrogen-bond acceptors (Lipinski definition) is 6. The molecular weight excluding hydrogens is 384 g/mol. The maximum absolute atomic E-state index is 11.9. The smallest absolute Gasteiger partial charge is 0.339 e. The molecule has 1 aromatic heterocycles.